The summed E-state index contributed by atoms with van der Waals surface area (Å²) in [4.78, 5) is 54.8. The third-order valence-corrected chi connectivity index (χ3v) is 6.69. The molecule has 0 bridgehead atoms. The van der Waals surface area contributed by atoms with Crippen LogP contribution in [0.25, 0.3) is 6.08 Å². The first kappa shape index (κ1) is 24.8. The Morgan fingerprint density at radius 2 is 1.39 bits per heavy atom. The fraction of sp³-hybridized carbons (Fsp3) is 0.192. The number of allylic oxidation sites excluding steroid dienone is 1. The van der Waals surface area contributed by atoms with Gasteiger partial charge in [-0.15, -0.1) is 0 Å². The standard InChI is InChI=1S/C26H22N2O7S/c1-14-20(25(32)35-4)21(16-9-11-18(12-10-16)24(31)34-3)28-22(29)19(36-26(28)27-14)13-15-5-7-17(8-6-15)23(30)33-2/h5-13,21H,1-4H3/b19-13-/t21-/m0/s1. The second-order valence-electron chi connectivity index (χ2n) is 7.80. The predicted molar refractivity (Wildman–Crippen MR) is 131 cm³/mol. The smallest absolute Gasteiger partial charge is 0.338 e. The van der Waals surface area contributed by atoms with Gasteiger partial charge in [-0.1, -0.05) is 35.6 Å². The lowest BCUT2D eigenvalue weighted by Crippen LogP contribution is -2.39. The highest BCUT2D eigenvalue weighted by Gasteiger charge is 2.33. The van der Waals surface area contributed by atoms with E-state index in [9.17, 15) is 19.2 Å². The van der Waals surface area contributed by atoms with Crippen LogP contribution in [0.15, 0.2) is 69.6 Å². The Morgan fingerprint density at radius 1 is 0.861 bits per heavy atom. The number of carbonyl (C=O) groups is 3. The third kappa shape index (κ3) is 4.50. The van der Waals surface area contributed by atoms with Gasteiger partial charge in [0.25, 0.3) is 5.56 Å². The van der Waals surface area contributed by atoms with E-state index >= 15 is 0 Å². The van der Waals surface area contributed by atoms with Crippen molar-refractivity contribution in [1.29, 1.82) is 0 Å². The van der Waals surface area contributed by atoms with Gasteiger partial charge in [-0.25, -0.2) is 19.4 Å². The SMILES string of the molecule is COC(=O)C1=C(C)N=c2s/c(=C\c3ccc(C(=O)OC)cc3)c(=O)n2[C@H]1c1ccc(C(=O)OC)cc1. The molecule has 4 rings (SSSR count). The molecular formula is C26H22N2O7S. The Hall–Kier alpha value is -4.31. The summed E-state index contributed by atoms with van der Waals surface area (Å²) in [7, 11) is 3.86. The number of rotatable bonds is 5. The molecule has 9 nitrogen and oxygen atoms in total. The Bertz CT molecular complexity index is 1560. The first-order valence-electron chi connectivity index (χ1n) is 10.8. The fourth-order valence-corrected chi connectivity index (χ4v) is 4.96. The maximum Gasteiger partial charge on any atom is 0.338 e. The van der Waals surface area contributed by atoms with E-state index < -0.39 is 23.9 Å². The average Bonchev–Trinajstić information content (AvgIpc) is 3.21. The molecule has 184 valence electrons. The van der Waals surface area contributed by atoms with E-state index in [0.29, 0.717) is 37.3 Å². The van der Waals surface area contributed by atoms with Crippen molar-refractivity contribution in [2.45, 2.75) is 13.0 Å². The predicted octanol–water partition coefficient (Wildman–Crippen LogP) is 1.98. The maximum atomic E-state index is 13.6. The summed E-state index contributed by atoms with van der Waals surface area (Å²) in [6, 6.07) is 12.3. The van der Waals surface area contributed by atoms with Crippen molar-refractivity contribution in [3.8, 4) is 0 Å². The minimum Gasteiger partial charge on any atom is -0.466 e. The van der Waals surface area contributed by atoms with Crippen LogP contribution in [-0.2, 0) is 19.0 Å². The van der Waals surface area contributed by atoms with E-state index in [1.54, 1.807) is 61.5 Å². The van der Waals surface area contributed by atoms with Crippen LogP contribution in [0.1, 0.15) is 44.8 Å². The number of fused-ring (bicyclic) bond motifs is 1. The zero-order valence-electron chi connectivity index (χ0n) is 19.9. The van der Waals surface area contributed by atoms with E-state index in [1.165, 1.54) is 37.2 Å². The molecule has 0 fully saturated rings. The lowest BCUT2D eigenvalue weighted by atomic mass is 9.95. The Morgan fingerprint density at radius 3 is 1.92 bits per heavy atom. The van der Waals surface area contributed by atoms with Crippen LogP contribution >= 0.6 is 11.3 Å². The molecule has 36 heavy (non-hydrogen) atoms. The quantitative estimate of drug-likeness (QED) is 0.384. The molecule has 2 aromatic carbocycles. The topological polar surface area (TPSA) is 113 Å². The number of thiazole rings is 1. The molecule has 1 aliphatic heterocycles. The molecule has 1 atom stereocenters. The molecule has 3 aromatic rings. The summed E-state index contributed by atoms with van der Waals surface area (Å²) in [6.45, 7) is 1.69. The van der Waals surface area contributed by atoms with Gasteiger partial charge in [-0.05, 0) is 48.4 Å². The van der Waals surface area contributed by atoms with E-state index in [0.717, 1.165) is 0 Å². The zero-order valence-corrected chi connectivity index (χ0v) is 20.8. The highest BCUT2D eigenvalue weighted by Crippen LogP contribution is 2.30. The first-order valence-corrected chi connectivity index (χ1v) is 11.6. The van der Waals surface area contributed by atoms with Crippen LogP contribution < -0.4 is 14.9 Å². The Labute approximate surface area is 209 Å². The summed E-state index contributed by atoms with van der Waals surface area (Å²) >= 11 is 1.18. The summed E-state index contributed by atoms with van der Waals surface area (Å²) < 4.78 is 16.3. The van der Waals surface area contributed by atoms with Gasteiger partial charge < -0.3 is 14.2 Å². The zero-order chi connectivity index (χ0) is 26.0. The summed E-state index contributed by atoms with van der Waals surface area (Å²) in [5.41, 5.74) is 2.35. The van der Waals surface area contributed by atoms with Gasteiger partial charge in [0.1, 0.15) is 0 Å². The van der Waals surface area contributed by atoms with Gasteiger partial charge in [-0.3, -0.25) is 9.36 Å². The van der Waals surface area contributed by atoms with Crippen molar-refractivity contribution < 1.29 is 28.6 Å². The number of benzene rings is 2. The van der Waals surface area contributed by atoms with Crippen molar-refractivity contribution in [3.05, 3.63) is 102 Å². The fourth-order valence-electron chi connectivity index (χ4n) is 3.91. The van der Waals surface area contributed by atoms with E-state index in [1.807, 2.05) is 0 Å². The summed E-state index contributed by atoms with van der Waals surface area (Å²) in [5, 5.41) is 0. The molecule has 0 N–H and O–H groups in total. The van der Waals surface area contributed by atoms with Crippen LogP contribution in [0.5, 0.6) is 0 Å². The molecule has 0 saturated heterocycles. The molecule has 1 aliphatic rings. The van der Waals surface area contributed by atoms with E-state index in [-0.39, 0.29) is 11.1 Å². The number of ether oxygens (including phenoxy) is 3. The maximum absolute atomic E-state index is 13.6. The summed E-state index contributed by atoms with van der Waals surface area (Å²) in [6.07, 6.45) is 1.69. The molecule has 0 spiro atoms. The third-order valence-electron chi connectivity index (χ3n) is 5.70. The molecule has 0 amide bonds. The van der Waals surface area contributed by atoms with Gasteiger partial charge in [0, 0.05) is 0 Å². The lowest BCUT2D eigenvalue weighted by Gasteiger charge is -2.24. The average molecular weight is 507 g/mol. The molecule has 0 aliphatic carbocycles. The largest absolute Gasteiger partial charge is 0.466 e. The van der Waals surface area contributed by atoms with Crippen LogP contribution in [0.2, 0.25) is 0 Å². The van der Waals surface area contributed by atoms with Gasteiger partial charge in [0.15, 0.2) is 4.80 Å². The molecule has 0 radical (unpaired) electrons. The van der Waals surface area contributed by atoms with Crippen molar-refractivity contribution in [2.75, 3.05) is 21.3 Å². The highest BCUT2D eigenvalue weighted by atomic mass is 32.1. The number of hydrogen-bond donors (Lipinski definition) is 0. The van der Waals surface area contributed by atoms with E-state index in [2.05, 4.69) is 4.99 Å². The van der Waals surface area contributed by atoms with Crippen molar-refractivity contribution in [1.82, 2.24) is 4.57 Å². The number of esters is 3. The van der Waals surface area contributed by atoms with Gasteiger partial charge in [-0.2, -0.15) is 0 Å². The second kappa shape index (κ2) is 10.1. The molecule has 2 heterocycles. The lowest BCUT2D eigenvalue weighted by molar-refractivity contribution is -0.136. The van der Waals surface area contributed by atoms with Crippen LogP contribution in [-0.4, -0.2) is 43.8 Å². The molecular weight excluding hydrogens is 484 g/mol. The second-order valence-corrected chi connectivity index (χ2v) is 8.81. The molecule has 0 saturated carbocycles. The van der Waals surface area contributed by atoms with Crippen molar-refractivity contribution in [2.24, 2.45) is 4.99 Å². The van der Waals surface area contributed by atoms with Crippen LogP contribution in [0.3, 0.4) is 0 Å². The summed E-state index contributed by atoms with van der Waals surface area (Å²) in [5.74, 6) is -1.56. The Balaban J connectivity index is 1.86. The number of hydrogen-bond acceptors (Lipinski definition) is 9. The van der Waals surface area contributed by atoms with Crippen molar-refractivity contribution >= 4 is 35.3 Å². The normalized spacial score (nSPS) is 15.1. The van der Waals surface area contributed by atoms with Gasteiger partial charge in [0.05, 0.1) is 54.3 Å². The van der Waals surface area contributed by atoms with Gasteiger partial charge in [0.2, 0.25) is 0 Å². The van der Waals surface area contributed by atoms with Crippen LogP contribution in [0, 0.1) is 0 Å². The molecule has 0 unspecified atom stereocenters. The Kier molecular flexibility index (Phi) is 6.98. The first-order chi connectivity index (χ1) is 17.3. The minimum atomic E-state index is -0.802. The van der Waals surface area contributed by atoms with Crippen molar-refractivity contribution in [3.63, 3.8) is 0 Å². The van der Waals surface area contributed by atoms with Gasteiger partial charge >= 0.3 is 17.9 Å². The number of carbonyl (C=O) groups excluding carboxylic acids is 3. The highest BCUT2D eigenvalue weighted by molar-refractivity contribution is 7.07. The number of nitrogens with zero attached hydrogens (tertiary/aromatic N) is 2. The number of methoxy groups -OCH3 is 3. The number of aromatic nitrogens is 1. The molecule has 10 heteroatoms. The van der Waals surface area contributed by atoms with E-state index in [4.69, 9.17) is 14.2 Å². The minimum absolute atomic E-state index is 0.227. The molecule has 1 aromatic heterocycles. The monoisotopic (exact) mass is 506 g/mol. The van der Waals surface area contributed by atoms with Crippen LogP contribution in [0.4, 0.5) is 0 Å².